The molecule has 2 nitrogen and oxygen atoms in total. The summed E-state index contributed by atoms with van der Waals surface area (Å²) in [7, 11) is 0. The lowest BCUT2D eigenvalue weighted by atomic mass is 10.0. The Kier molecular flexibility index (Phi) is 3.68. The van der Waals surface area contributed by atoms with Crippen LogP contribution >= 0.6 is 0 Å². The summed E-state index contributed by atoms with van der Waals surface area (Å²) >= 11 is 0. The quantitative estimate of drug-likeness (QED) is 0.766. The predicted molar refractivity (Wildman–Crippen MR) is 78.6 cm³/mol. The molecular weight excluding hydrogens is 234 g/mol. The zero-order valence-corrected chi connectivity index (χ0v) is 11.1. The van der Waals surface area contributed by atoms with E-state index >= 15 is 0 Å². The van der Waals surface area contributed by atoms with E-state index in [9.17, 15) is 0 Å². The van der Waals surface area contributed by atoms with Crippen molar-refractivity contribution in [3.63, 3.8) is 0 Å². The molecular formula is C17H19NO. The average molecular weight is 253 g/mol. The lowest BCUT2D eigenvalue weighted by Gasteiger charge is -2.13. The van der Waals surface area contributed by atoms with Crippen molar-refractivity contribution in [2.24, 2.45) is 0 Å². The van der Waals surface area contributed by atoms with Gasteiger partial charge in [-0.2, -0.15) is 0 Å². The fraction of sp³-hybridized carbons (Fsp3) is 0.294. The van der Waals surface area contributed by atoms with Gasteiger partial charge in [-0.25, -0.2) is 0 Å². The van der Waals surface area contributed by atoms with Crippen LogP contribution in [0, 0.1) is 0 Å². The van der Waals surface area contributed by atoms with Gasteiger partial charge in [0.1, 0.15) is 5.75 Å². The highest BCUT2D eigenvalue weighted by atomic mass is 16.5. The average Bonchev–Trinajstić information content (AvgIpc) is 2.50. The monoisotopic (exact) mass is 253 g/mol. The number of benzene rings is 2. The number of fused-ring (bicyclic) bond motifs is 2. The van der Waals surface area contributed by atoms with Crippen LogP contribution in [0.15, 0.2) is 48.5 Å². The van der Waals surface area contributed by atoms with Crippen molar-refractivity contribution in [1.29, 1.82) is 0 Å². The normalized spacial score (nSPS) is 15.2. The van der Waals surface area contributed by atoms with E-state index in [2.05, 4.69) is 35.6 Å². The maximum absolute atomic E-state index is 5.86. The number of rotatable bonds is 0. The number of para-hydroxylation sites is 2. The highest BCUT2D eigenvalue weighted by Crippen LogP contribution is 2.26. The summed E-state index contributed by atoms with van der Waals surface area (Å²) in [6, 6.07) is 16.9. The molecule has 0 saturated carbocycles. The van der Waals surface area contributed by atoms with Gasteiger partial charge in [-0.15, -0.1) is 0 Å². The maximum atomic E-state index is 5.86. The molecule has 1 heterocycles. The number of aryl methyl sites for hydroxylation is 1. The molecule has 0 aromatic heterocycles. The molecule has 0 aliphatic carbocycles. The van der Waals surface area contributed by atoms with Crippen LogP contribution in [-0.4, -0.2) is 6.61 Å². The van der Waals surface area contributed by atoms with E-state index in [0.29, 0.717) is 0 Å². The predicted octanol–water partition coefficient (Wildman–Crippen LogP) is 4.01. The van der Waals surface area contributed by atoms with Gasteiger partial charge in [-0.1, -0.05) is 36.4 Å². The first-order chi connectivity index (χ1) is 9.43. The molecule has 0 fully saturated rings. The van der Waals surface area contributed by atoms with E-state index in [0.717, 1.165) is 37.4 Å². The Morgan fingerprint density at radius 1 is 0.842 bits per heavy atom. The van der Waals surface area contributed by atoms with E-state index in [-0.39, 0.29) is 0 Å². The van der Waals surface area contributed by atoms with Crippen LogP contribution in [0.1, 0.15) is 24.0 Å². The van der Waals surface area contributed by atoms with Gasteiger partial charge >= 0.3 is 0 Å². The summed E-state index contributed by atoms with van der Waals surface area (Å²) in [5, 5.41) is 3.49. The third-order valence-corrected chi connectivity index (χ3v) is 3.57. The molecule has 0 amide bonds. The molecule has 2 heteroatoms. The van der Waals surface area contributed by atoms with Gasteiger partial charge < -0.3 is 10.1 Å². The summed E-state index contributed by atoms with van der Waals surface area (Å²) in [6.07, 6.45) is 3.42. The second-order valence-corrected chi connectivity index (χ2v) is 4.92. The Labute approximate surface area is 114 Å². The molecule has 0 spiro atoms. The van der Waals surface area contributed by atoms with Crippen molar-refractivity contribution in [3.05, 3.63) is 59.7 Å². The summed E-state index contributed by atoms with van der Waals surface area (Å²) in [4.78, 5) is 0. The number of anilines is 1. The van der Waals surface area contributed by atoms with Gasteiger partial charge in [0.2, 0.25) is 0 Å². The number of hydrogen-bond acceptors (Lipinski definition) is 2. The first-order valence-electron chi connectivity index (χ1n) is 6.96. The van der Waals surface area contributed by atoms with Gasteiger partial charge in [-0.3, -0.25) is 0 Å². The molecule has 2 aromatic rings. The Balaban J connectivity index is 1.89. The van der Waals surface area contributed by atoms with Crippen LogP contribution in [0.4, 0.5) is 5.69 Å². The molecule has 1 aliphatic heterocycles. The number of hydrogen-bond donors (Lipinski definition) is 1. The minimum atomic E-state index is 0.793. The van der Waals surface area contributed by atoms with E-state index in [1.165, 1.54) is 17.5 Å². The second-order valence-electron chi connectivity index (χ2n) is 4.92. The third-order valence-electron chi connectivity index (χ3n) is 3.57. The van der Waals surface area contributed by atoms with Crippen LogP contribution < -0.4 is 10.1 Å². The first-order valence-corrected chi connectivity index (χ1v) is 6.96. The summed E-state index contributed by atoms with van der Waals surface area (Å²) in [5.74, 6) is 0.960. The van der Waals surface area contributed by atoms with E-state index in [1.54, 1.807) is 0 Å². The lowest BCUT2D eigenvalue weighted by molar-refractivity contribution is 0.308. The first kappa shape index (κ1) is 12.1. The molecule has 0 saturated heterocycles. The minimum Gasteiger partial charge on any atom is -0.491 e. The molecule has 2 aromatic carbocycles. The third kappa shape index (κ3) is 2.90. The molecule has 0 bridgehead atoms. The summed E-state index contributed by atoms with van der Waals surface area (Å²) < 4.78 is 5.86. The van der Waals surface area contributed by atoms with Gasteiger partial charge in [-0.05, 0) is 42.5 Å². The van der Waals surface area contributed by atoms with Crippen LogP contribution in [0.3, 0.4) is 0 Å². The van der Waals surface area contributed by atoms with Crippen molar-refractivity contribution in [1.82, 2.24) is 0 Å². The molecule has 3 rings (SSSR count). The van der Waals surface area contributed by atoms with Gasteiger partial charge in [0.15, 0.2) is 0 Å². The van der Waals surface area contributed by atoms with E-state index < -0.39 is 0 Å². The number of nitrogens with one attached hydrogen (secondary N) is 1. The standard InChI is InChI=1S/C17H19NO/c1-2-9-15-13-18-16-10-3-4-11-17(16)19-12-6-5-8-14(15)7-1/h1-4,7,9-11,18H,5-6,8,12-13H2. The van der Waals surface area contributed by atoms with Crippen LogP contribution in [0.25, 0.3) is 0 Å². The second kappa shape index (κ2) is 5.79. The molecule has 0 unspecified atom stereocenters. The molecule has 1 aliphatic rings. The fourth-order valence-corrected chi connectivity index (χ4v) is 2.50. The summed E-state index contributed by atoms with van der Waals surface area (Å²) in [6.45, 7) is 1.65. The van der Waals surface area contributed by atoms with Crippen molar-refractivity contribution in [2.75, 3.05) is 11.9 Å². The highest BCUT2D eigenvalue weighted by Gasteiger charge is 2.07. The highest BCUT2D eigenvalue weighted by molar-refractivity contribution is 5.56. The van der Waals surface area contributed by atoms with Crippen LogP contribution in [-0.2, 0) is 13.0 Å². The van der Waals surface area contributed by atoms with Crippen molar-refractivity contribution < 1.29 is 4.74 Å². The lowest BCUT2D eigenvalue weighted by Crippen LogP contribution is -2.03. The maximum Gasteiger partial charge on any atom is 0.142 e. The van der Waals surface area contributed by atoms with E-state index in [1.807, 2.05) is 18.2 Å². The fourth-order valence-electron chi connectivity index (χ4n) is 2.50. The van der Waals surface area contributed by atoms with Gasteiger partial charge in [0.25, 0.3) is 0 Å². The van der Waals surface area contributed by atoms with Crippen molar-refractivity contribution >= 4 is 5.69 Å². The Morgan fingerprint density at radius 3 is 2.58 bits per heavy atom. The largest absolute Gasteiger partial charge is 0.491 e. The molecule has 0 atom stereocenters. The Hall–Kier alpha value is -1.96. The Bertz CT molecular complexity index is 501. The molecule has 98 valence electrons. The van der Waals surface area contributed by atoms with Crippen molar-refractivity contribution in [3.8, 4) is 5.75 Å². The summed E-state index contributed by atoms with van der Waals surface area (Å²) in [5.41, 5.74) is 3.92. The SMILES string of the molecule is c1ccc2c(c1)CCCCOc1ccccc1NC2. The molecule has 0 radical (unpaired) electrons. The molecule has 1 N–H and O–H groups in total. The Morgan fingerprint density at radius 2 is 1.63 bits per heavy atom. The van der Waals surface area contributed by atoms with Gasteiger partial charge in [0, 0.05) is 6.54 Å². The van der Waals surface area contributed by atoms with Crippen molar-refractivity contribution in [2.45, 2.75) is 25.8 Å². The van der Waals surface area contributed by atoms with Crippen LogP contribution in [0.2, 0.25) is 0 Å². The van der Waals surface area contributed by atoms with Gasteiger partial charge in [0.05, 0.1) is 12.3 Å². The topological polar surface area (TPSA) is 21.3 Å². The smallest absolute Gasteiger partial charge is 0.142 e. The van der Waals surface area contributed by atoms with E-state index in [4.69, 9.17) is 4.74 Å². The minimum absolute atomic E-state index is 0.793. The zero-order valence-electron chi connectivity index (χ0n) is 11.1. The molecule has 19 heavy (non-hydrogen) atoms. The number of ether oxygens (including phenoxy) is 1. The van der Waals surface area contributed by atoms with Crippen LogP contribution in [0.5, 0.6) is 5.75 Å². The zero-order chi connectivity index (χ0) is 12.9.